The molecule has 1 fully saturated rings. The van der Waals surface area contributed by atoms with Crippen molar-refractivity contribution in [1.82, 2.24) is 0 Å². The fourth-order valence-corrected chi connectivity index (χ4v) is 0.949. The lowest BCUT2D eigenvalue weighted by Crippen LogP contribution is -2.33. The normalized spacial score (nSPS) is 23.1. The smallest absolute Gasteiger partial charge is 0.0619 e. The Labute approximate surface area is 68.5 Å². The van der Waals surface area contributed by atoms with Crippen LogP contribution in [0.1, 0.15) is 19.8 Å². The van der Waals surface area contributed by atoms with Gasteiger partial charge in [0.15, 0.2) is 0 Å². The number of methoxy groups -OCH3 is 1. The maximum absolute atomic E-state index is 5.80. The van der Waals surface area contributed by atoms with Crippen LogP contribution in [0, 0.1) is 5.41 Å². The lowest BCUT2D eigenvalue weighted by Gasteiger charge is -2.16. The van der Waals surface area contributed by atoms with E-state index in [2.05, 4.69) is 6.92 Å². The van der Waals surface area contributed by atoms with E-state index in [9.17, 15) is 0 Å². The average Bonchev–Trinajstić information content (AvgIpc) is 2.50. The van der Waals surface area contributed by atoms with E-state index in [1.54, 1.807) is 7.11 Å². The van der Waals surface area contributed by atoms with Crippen LogP contribution in [0.5, 0.6) is 0 Å². The molecular formula is C7H16ClNO. The second-order valence-corrected chi connectivity index (χ2v) is 3.22. The van der Waals surface area contributed by atoms with E-state index < -0.39 is 0 Å². The molecule has 1 atom stereocenters. The van der Waals surface area contributed by atoms with Crippen molar-refractivity contribution in [3.8, 4) is 0 Å². The minimum atomic E-state index is 0. The Bertz CT molecular complexity index is 104. The molecule has 0 heterocycles. The molecule has 0 aromatic carbocycles. The molecule has 0 spiro atoms. The van der Waals surface area contributed by atoms with Gasteiger partial charge in [-0.05, 0) is 18.3 Å². The summed E-state index contributed by atoms with van der Waals surface area (Å²) >= 11 is 0. The van der Waals surface area contributed by atoms with Crippen LogP contribution < -0.4 is 5.73 Å². The van der Waals surface area contributed by atoms with Crippen molar-refractivity contribution in [2.45, 2.75) is 25.8 Å². The Balaban J connectivity index is 0.000000810. The summed E-state index contributed by atoms with van der Waals surface area (Å²) in [6.45, 7) is 2.92. The predicted molar refractivity (Wildman–Crippen MR) is 44.4 cm³/mol. The fourth-order valence-electron chi connectivity index (χ4n) is 0.949. The highest BCUT2D eigenvalue weighted by molar-refractivity contribution is 5.85. The fraction of sp³-hybridized carbons (Fsp3) is 1.00. The summed E-state index contributed by atoms with van der Waals surface area (Å²) in [7, 11) is 1.70. The molecule has 1 saturated carbocycles. The van der Waals surface area contributed by atoms with Gasteiger partial charge in [-0.2, -0.15) is 0 Å². The maximum atomic E-state index is 5.80. The van der Waals surface area contributed by atoms with Gasteiger partial charge < -0.3 is 10.5 Å². The number of rotatable bonds is 3. The predicted octanol–water partition coefficient (Wildman–Crippen LogP) is 1.18. The first kappa shape index (κ1) is 10.2. The standard InChI is InChI=1S/C7H15NO.ClH/c1-7(3-4-7)6(8)5-9-2;/h6H,3-5,8H2,1-2H3;1H. The van der Waals surface area contributed by atoms with E-state index in [0.29, 0.717) is 12.0 Å². The number of nitrogens with two attached hydrogens (primary N) is 1. The number of halogens is 1. The van der Waals surface area contributed by atoms with Gasteiger partial charge >= 0.3 is 0 Å². The molecular weight excluding hydrogens is 150 g/mol. The summed E-state index contributed by atoms with van der Waals surface area (Å²) in [5.74, 6) is 0. The van der Waals surface area contributed by atoms with Gasteiger partial charge in [0.1, 0.15) is 0 Å². The monoisotopic (exact) mass is 165 g/mol. The third-order valence-corrected chi connectivity index (χ3v) is 2.28. The number of hydrogen-bond donors (Lipinski definition) is 1. The van der Waals surface area contributed by atoms with Crippen LogP contribution in [0.15, 0.2) is 0 Å². The molecule has 0 saturated heterocycles. The summed E-state index contributed by atoms with van der Waals surface area (Å²) in [6.07, 6.45) is 2.55. The van der Waals surface area contributed by atoms with E-state index in [4.69, 9.17) is 10.5 Å². The first-order valence-corrected chi connectivity index (χ1v) is 3.43. The average molecular weight is 166 g/mol. The Kier molecular flexibility index (Phi) is 3.63. The molecule has 0 radical (unpaired) electrons. The molecule has 0 aliphatic heterocycles. The molecule has 2 nitrogen and oxygen atoms in total. The van der Waals surface area contributed by atoms with Gasteiger partial charge in [0.25, 0.3) is 0 Å². The highest BCUT2D eigenvalue weighted by Gasteiger charge is 2.42. The second kappa shape index (κ2) is 3.56. The van der Waals surface area contributed by atoms with Crippen LogP contribution >= 0.6 is 12.4 Å². The van der Waals surface area contributed by atoms with E-state index in [1.165, 1.54) is 12.8 Å². The van der Waals surface area contributed by atoms with Crippen molar-refractivity contribution in [2.24, 2.45) is 11.1 Å². The Morgan fingerprint density at radius 1 is 1.60 bits per heavy atom. The third kappa shape index (κ3) is 2.11. The van der Waals surface area contributed by atoms with Gasteiger partial charge in [-0.3, -0.25) is 0 Å². The van der Waals surface area contributed by atoms with Crippen LogP contribution in [-0.2, 0) is 4.74 Å². The molecule has 62 valence electrons. The third-order valence-electron chi connectivity index (χ3n) is 2.28. The van der Waals surface area contributed by atoms with E-state index in [-0.39, 0.29) is 18.4 Å². The minimum absolute atomic E-state index is 0. The molecule has 1 aliphatic carbocycles. The van der Waals surface area contributed by atoms with Crippen molar-refractivity contribution >= 4 is 12.4 Å². The molecule has 1 unspecified atom stereocenters. The topological polar surface area (TPSA) is 35.2 Å². The summed E-state index contributed by atoms with van der Waals surface area (Å²) < 4.78 is 4.95. The second-order valence-electron chi connectivity index (χ2n) is 3.22. The van der Waals surface area contributed by atoms with Gasteiger partial charge in [0.05, 0.1) is 6.61 Å². The first-order chi connectivity index (χ1) is 4.19. The summed E-state index contributed by atoms with van der Waals surface area (Å²) in [6, 6.07) is 0.252. The van der Waals surface area contributed by atoms with Crippen LogP contribution in [-0.4, -0.2) is 19.8 Å². The lowest BCUT2D eigenvalue weighted by molar-refractivity contribution is 0.155. The number of hydrogen-bond acceptors (Lipinski definition) is 2. The van der Waals surface area contributed by atoms with Gasteiger partial charge in [-0.25, -0.2) is 0 Å². The van der Waals surface area contributed by atoms with E-state index in [0.717, 1.165) is 0 Å². The molecule has 1 rings (SSSR count). The Morgan fingerprint density at radius 2 is 2.10 bits per heavy atom. The molecule has 3 heteroatoms. The van der Waals surface area contributed by atoms with Crippen LogP contribution in [0.4, 0.5) is 0 Å². The zero-order valence-corrected chi connectivity index (χ0v) is 7.41. The summed E-state index contributed by atoms with van der Waals surface area (Å²) in [5, 5.41) is 0. The van der Waals surface area contributed by atoms with Crippen LogP contribution in [0.3, 0.4) is 0 Å². The molecule has 0 bridgehead atoms. The van der Waals surface area contributed by atoms with E-state index in [1.807, 2.05) is 0 Å². The number of ether oxygens (including phenoxy) is 1. The molecule has 0 amide bonds. The SMILES string of the molecule is COCC(N)C1(C)CC1.Cl. The van der Waals surface area contributed by atoms with Gasteiger partial charge in [-0.15, -0.1) is 12.4 Å². The summed E-state index contributed by atoms with van der Waals surface area (Å²) in [5.41, 5.74) is 6.21. The largest absolute Gasteiger partial charge is 0.383 e. The maximum Gasteiger partial charge on any atom is 0.0619 e. The highest BCUT2D eigenvalue weighted by atomic mass is 35.5. The van der Waals surface area contributed by atoms with E-state index >= 15 is 0 Å². The Hall–Kier alpha value is 0.210. The minimum Gasteiger partial charge on any atom is -0.383 e. The molecule has 0 aromatic rings. The first-order valence-electron chi connectivity index (χ1n) is 3.43. The van der Waals surface area contributed by atoms with Crippen molar-refractivity contribution in [2.75, 3.05) is 13.7 Å². The zero-order chi connectivity index (χ0) is 6.91. The molecule has 0 aromatic heterocycles. The van der Waals surface area contributed by atoms with Crippen molar-refractivity contribution in [3.63, 3.8) is 0 Å². The molecule has 10 heavy (non-hydrogen) atoms. The zero-order valence-electron chi connectivity index (χ0n) is 6.59. The van der Waals surface area contributed by atoms with Gasteiger partial charge in [0.2, 0.25) is 0 Å². The van der Waals surface area contributed by atoms with Gasteiger partial charge in [-0.1, -0.05) is 6.92 Å². The quantitative estimate of drug-likeness (QED) is 0.682. The molecule has 1 aliphatic rings. The highest BCUT2D eigenvalue weighted by Crippen LogP contribution is 2.47. The lowest BCUT2D eigenvalue weighted by atomic mass is 10.0. The van der Waals surface area contributed by atoms with Crippen molar-refractivity contribution < 1.29 is 4.74 Å². The van der Waals surface area contributed by atoms with Crippen LogP contribution in [0.25, 0.3) is 0 Å². The van der Waals surface area contributed by atoms with Crippen molar-refractivity contribution in [3.05, 3.63) is 0 Å². The Morgan fingerprint density at radius 3 is 2.40 bits per heavy atom. The van der Waals surface area contributed by atoms with Gasteiger partial charge in [0, 0.05) is 13.2 Å². The van der Waals surface area contributed by atoms with Crippen molar-refractivity contribution in [1.29, 1.82) is 0 Å². The van der Waals surface area contributed by atoms with Crippen LogP contribution in [0.2, 0.25) is 0 Å². The summed E-state index contributed by atoms with van der Waals surface area (Å²) in [4.78, 5) is 0. The molecule has 2 N–H and O–H groups in total.